The third-order valence-electron chi connectivity index (χ3n) is 3.92. The number of fused-ring (bicyclic) bond motifs is 1. The smallest absolute Gasteiger partial charge is 0.0998 e. The molecule has 0 heterocycles. The van der Waals surface area contributed by atoms with Gasteiger partial charge in [-0.25, -0.2) is 0 Å². The van der Waals surface area contributed by atoms with Crippen molar-refractivity contribution in [3.8, 4) is 6.07 Å². The predicted octanol–water partition coefficient (Wildman–Crippen LogP) is 5.07. The molecule has 0 saturated carbocycles. The third kappa shape index (κ3) is 2.34. The summed E-state index contributed by atoms with van der Waals surface area (Å²) < 4.78 is 0. The molecule has 102 valence electrons. The molecule has 3 aromatic carbocycles. The summed E-state index contributed by atoms with van der Waals surface area (Å²) in [5.74, 6) is 0. The van der Waals surface area contributed by atoms with Gasteiger partial charge in [0.25, 0.3) is 0 Å². The maximum absolute atomic E-state index is 9.23. The highest BCUT2D eigenvalue weighted by Gasteiger charge is 2.07. The topological polar surface area (TPSA) is 35.8 Å². The first kappa shape index (κ1) is 13.2. The summed E-state index contributed by atoms with van der Waals surface area (Å²) in [7, 11) is 0. The summed E-state index contributed by atoms with van der Waals surface area (Å²) in [5.41, 5.74) is 5.34. The van der Waals surface area contributed by atoms with E-state index in [0.717, 1.165) is 22.1 Å². The summed E-state index contributed by atoms with van der Waals surface area (Å²) in [6.45, 7) is 4.22. The quantitative estimate of drug-likeness (QED) is 0.706. The normalized spacial score (nSPS) is 10.3. The minimum atomic E-state index is 0.706. The number of rotatable bonds is 2. The molecule has 0 saturated heterocycles. The molecule has 0 aliphatic heterocycles. The largest absolute Gasteiger partial charge is 0.355 e. The van der Waals surface area contributed by atoms with E-state index in [1.54, 1.807) is 0 Å². The first-order chi connectivity index (χ1) is 10.2. The molecule has 0 aliphatic carbocycles. The monoisotopic (exact) mass is 272 g/mol. The number of nitriles is 1. The van der Waals surface area contributed by atoms with Gasteiger partial charge in [0.1, 0.15) is 0 Å². The van der Waals surface area contributed by atoms with Gasteiger partial charge in [0.15, 0.2) is 0 Å². The Kier molecular flexibility index (Phi) is 3.33. The van der Waals surface area contributed by atoms with Crippen LogP contribution in [0.1, 0.15) is 16.7 Å². The number of aryl methyl sites for hydroxylation is 1. The molecule has 0 bridgehead atoms. The lowest BCUT2D eigenvalue weighted by atomic mass is 10.0. The van der Waals surface area contributed by atoms with Crippen LogP contribution in [-0.4, -0.2) is 0 Å². The van der Waals surface area contributed by atoms with E-state index in [1.807, 2.05) is 36.4 Å². The predicted molar refractivity (Wildman–Crippen MR) is 87.9 cm³/mol. The zero-order chi connectivity index (χ0) is 14.8. The highest BCUT2D eigenvalue weighted by Crippen LogP contribution is 2.30. The summed E-state index contributed by atoms with van der Waals surface area (Å²) in [5, 5.41) is 14.8. The second-order valence-corrected chi connectivity index (χ2v) is 5.19. The Balaban J connectivity index is 2.14. The molecule has 0 fully saturated rings. The number of benzene rings is 3. The van der Waals surface area contributed by atoms with Gasteiger partial charge in [0.05, 0.1) is 11.6 Å². The molecule has 2 nitrogen and oxygen atoms in total. The van der Waals surface area contributed by atoms with Crippen molar-refractivity contribution >= 4 is 22.1 Å². The van der Waals surface area contributed by atoms with Crippen molar-refractivity contribution in [2.75, 3.05) is 5.32 Å². The van der Waals surface area contributed by atoms with Crippen LogP contribution in [0.5, 0.6) is 0 Å². The zero-order valence-corrected chi connectivity index (χ0v) is 12.1. The molecule has 3 aromatic rings. The molecular weight excluding hydrogens is 256 g/mol. The second kappa shape index (κ2) is 5.30. The van der Waals surface area contributed by atoms with Crippen LogP contribution in [0.2, 0.25) is 0 Å². The van der Waals surface area contributed by atoms with Gasteiger partial charge in [-0.15, -0.1) is 0 Å². The maximum Gasteiger partial charge on any atom is 0.0998 e. The molecule has 0 amide bonds. The fourth-order valence-electron chi connectivity index (χ4n) is 2.54. The van der Waals surface area contributed by atoms with E-state index in [2.05, 4.69) is 43.4 Å². The van der Waals surface area contributed by atoms with Crippen LogP contribution in [0.4, 0.5) is 11.4 Å². The van der Waals surface area contributed by atoms with Gasteiger partial charge in [-0.05, 0) is 43.2 Å². The molecule has 0 aromatic heterocycles. The second-order valence-electron chi connectivity index (χ2n) is 5.19. The van der Waals surface area contributed by atoms with E-state index in [-0.39, 0.29) is 0 Å². The van der Waals surface area contributed by atoms with Gasteiger partial charge in [0.2, 0.25) is 0 Å². The van der Waals surface area contributed by atoms with Crippen LogP contribution in [0, 0.1) is 25.2 Å². The summed E-state index contributed by atoms with van der Waals surface area (Å²) in [6.07, 6.45) is 0. The lowest BCUT2D eigenvalue weighted by molar-refractivity contribution is 1.33. The van der Waals surface area contributed by atoms with Crippen molar-refractivity contribution in [3.63, 3.8) is 0 Å². The molecule has 0 unspecified atom stereocenters. The van der Waals surface area contributed by atoms with Crippen molar-refractivity contribution in [1.82, 2.24) is 0 Å². The molecule has 0 atom stereocenters. The first-order valence-corrected chi connectivity index (χ1v) is 6.96. The number of anilines is 2. The molecule has 0 aliphatic rings. The molecular formula is C19H16N2. The van der Waals surface area contributed by atoms with E-state index >= 15 is 0 Å². The van der Waals surface area contributed by atoms with Crippen LogP contribution in [0.25, 0.3) is 10.8 Å². The van der Waals surface area contributed by atoms with Gasteiger partial charge < -0.3 is 5.32 Å². The maximum atomic E-state index is 9.23. The van der Waals surface area contributed by atoms with Gasteiger partial charge in [-0.3, -0.25) is 0 Å². The van der Waals surface area contributed by atoms with Crippen LogP contribution in [-0.2, 0) is 0 Å². The van der Waals surface area contributed by atoms with Crippen molar-refractivity contribution in [1.29, 1.82) is 5.26 Å². The molecule has 1 N–H and O–H groups in total. The van der Waals surface area contributed by atoms with Crippen molar-refractivity contribution in [2.45, 2.75) is 13.8 Å². The van der Waals surface area contributed by atoms with Gasteiger partial charge in [0, 0.05) is 22.1 Å². The molecule has 0 radical (unpaired) electrons. The Labute approximate surface area is 124 Å². The fourth-order valence-corrected chi connectivity index (χ4v) is 2.54. The lowest BCUT2D eigenvalue weighted by Gasteiger charge is -2.14. The Hall–Kier alpha value is -2.79. The number of hydrogen-bond donors (Lipinski definition) is 1. The Morgan fingerprint density at radius 2 is 1.57 bits per heavy atom. The number of nitrogens with zero attached hydrogens (tertiary/aromatic N) is 1. The van der Waals surface area contributed by atoms with E-state index in [0.29, 0.717) is 5.56 Å². The lowest BCUT2D eigenvalue weighted by Crippen LogP contribution is -1.96. The van der Waals surface area contributed by atoms with E-state index < -0.39 is 0 Å². The Morgan fingerprint density at radius 3 is 2.33 bits per heavy atom. The average Bonchev–Trinajstić information content (AvgIpc) is 2.52. The molecule has 2 heteroatoms. The Morgan fingerprint density at radius 1 is 0.810 bits per heavy atom. The van der Waals surface area contributed by atoms with Gasteiger partial charge >= 0.3 is 0 Å². The highest BCUT2D eigenvalue weighted by molar-refractivity contribution is 5.98. The summed E-state index contributed by atoms with van der Waals surface area (Å²) >= 11 is 0. The molecule has 3 rings (SSSR count). The summed E-state index contributed by atoms with van der Waals surface area (Å²) in [4.78, 5) is 0. The van der Waals surface area contributed by atoms with Gasteiger partial charge in [-0.1, -0.05) is 36.4 Å². The zero-order valence-electron chi connectivity index (χ0n) is 12.1. The van der Waals surface area contributed by atoms with E-state index in [1.165, 1.54) is 11.1 Å². The van der Waals surface area contributed by atoms with E-state index in [4.69, 9.17) is 0 Å². The Bertz CT molecular complexity index is 857. The van der Waals surface area contributed by atoms with Crippen LogP contribution in [0.3, 0.4) is 0 Å². The van der Waals surface area contributed by atoms with Crippen molar-refractivity contribution < 1.29 is 0 Å². The van der Waals surface area contributed by atoms with Crippen LogP contribution in [0.15, 0.2) is 54.6 Å². The fraction of sp³-hybridized carbons (Fsp3) is 0.105. The standard InChI is InChI=1S/C19H16N2/c1-13-6-5-9-18(14(13)2)21-19-11-10-15(12-20)16-7-3-4-8-17(16)19/h3-11,21H,1-2H3. The number of nitrogens with one attached hydrogen (secondary N) is 1. The summed E-state index contributed by atoms with van der Waals surface area (Å²) in [6, 6.07) is 20.3. The minimum absolute atomic E-state index is 0.706. The van der Waals surface area contributed by atoms with Gasteiger partial charge in [-0.2, -0.15) is 5.26 Å². The molecule has 21 heavy (non-hydrogen) atoms. The SMILES string of the molecule is Cc1cccc(Nc2ccc(C#N)c3ccccc23)c1C. The third-order valence-corrected chi connectivity index (χ3v) is 3.92. The van der Waals surface area contributed by atoms with Crippen molar-refractivity contribution in [3.05, 3.63) is 71.3 Å². The van der Waals surface area contributed by atoms with Crippen molar-refractivity contribution in [2.24, 2.45) is 0 Å². The average molecular weight is 272 g/mol. The highest BCUT2D eigenvalue weighted by atomic mass is 14.9. The minimum Gasteiger partial charge on any atom is -0.355 e. The number of hydrogen-bond acceptors (Lipinski definition) is 2. The first-order valence-electron chi connectivity index (χ1n) is 6.96. The van der Waals surface area contributed by atoms with Crippen LogP contribution >= 0.6 is 0 Å². The van der Waals surface area contributed by atoms with E-state index in [9.17, 15) is 5.26 Å². The molecule has 0 spiro atoms. The van der Waals surface area contributed by atoms with Crippen LogP contribution < -0.4 is 5.32 Å².